The van der Waals surface area contributed by atoms with Crippen LogP contribution in [0.25, 0.3) is 0 Å². The van der Waals surface area contributed by atoms with Gasteiger partial charge in [-0.3, -0.25) is 4.79 Å². The zero-order chi connectivity index (χ0) is 13.7. The smallest absolute Gasteiger partial charge is 0.224 e. The number of benzene rings is 2. The highest BCUT2D eigenvalue weighted by atomic mass is 16.3. The van der Waals surface area contributed by atoms with Crippen LogP contribution < -0.4 is 5.32 Å². The number of phenolic OH excluding ortho intramolecular Hbond substituents is 1. The third-order valence-corrected chi connectivity index (χ3v) is 2.91. The Morgan fingerprint density at radius 2 is 1.58 bits per heavy atom. The molecule has 2 aromatic rings. The molecule has 0 aliphatic carbocycles. The van der Waals surface area contributed by atoms with Gasteiger partial charge in [-0.25, -0.2) is 0 Å². The van der Waals surface area contributed by atoms with E-state index in [1.54, 1.807) is 24.3 Å². The molecular formula is C16H17NO2. The van der Waals surface area contributed by atoms with Gasteiger partial charge in [0.25, 0.3) is 0 Å². The number of aryl methyl sites for hydroxylation is 1. The molecule has 0 radical (unpaired) electrons. The second kappa shape index (κ2) is 6.05. The van der Waals surface area contributed by atoms with Gasteiger partial charge >= 0.3 is 0 Å². The van der Waals surface area contributed by atoms with E-state index in [0.717, 1.165) is 11.1 Å². The molecule has 2 rings (SSSR count). The molecule has 0 heterocycles. The van der Waals surface area contributed by atoms with E-state index < -0.39 is 0 Å². The van der Waals surface area contributed by atoms with Crippen molar-refractivity contribution in [3.63, 3.8) is 0 Å². The van der Waals surface area contributed by atoms with Crippen LogP contribution in [0.5, 0.6) is 5.75 Å². The van der Waals surface area contributed by atoms with E-state index in [2.05, 4.69) is 5.32 Å². The molecule has 0 saturated carbocycles. The number of hydrogen-bond acceptors (Lipinski definition) is 2. The van der Waals surface area contributed by atoms with E-state index >= 15 is 0 Å². The summed E-state index contributed by atoms with van der Waals surface area (Å²) < 4.78 is 0. The predicted octanol–water partition coefficient (Wildman–Crippen LogP) is 2.56. The first kappa shape index (κ1) is 13.1. The quantitative estimate of drug-likeness (QED) is 0.882. The summed E-state index contributed by atoms with van der Waals surface area (Å²) >= 11 is 0. The van der Waals surface area contributed by atoms with Crippen molar-refractivity contribution >= 4 is 5.91 Å². The lowest BCUT2D eigenvalue weighted by Crippen LogP contribution is -2.24. The number of aromatic hydroxyl groups is 1. The largest absolute Gasteiger partial charge is 0.508 e. The maximum Gasteiger partial charge on any atom is 0.224 e. The van der Waals surface area contributed by atoms with Gasteiger partial charge in [-0.2, -0.15) is 0 Å². The summed E-state index contributed by atoms with van der Waals surface area (Å²) in [5, 5.41) is 12.0. The van der Waals surface area contributed by atoms with E-state index in [1.165, 1.54) is 5.56 Å². The number of nitrogens with one attached hydrogen (secondary N) is 1. The molecule has 98 valence electrons. The zero-order valence-electron chi connectivity index (χ0n) is 10.9. The minimum atomic E-state index is -0.0220. The van der Waals surface area contributed by atoms with Crippen LogP contribution >= 0.6 is 0 Å². The highest BCUT2D eigenvalue weighted by Crippen LogP contribution is 2.10. The second-order valence-corrected chi connectivity index (χ2v) is 4.61. The van der Waals surface area contributed by atoms with Crippen molar-refractivity contribution in [2.75, 3.05) is 0 Å². The minimum absolute atomic E-state index is 0.0220. The molecule has 2 N–H and O–H groups in total. The van der Waals surface area contributed by atoms with Gasteiger partial charge in [0.15, 0.2) is 0 Å². The van der Waals surface area contributed by atoms with Crippen LogP contribution in [0.4, 0.5) is 0 Å². The summed E-state index contributed by atoms with van der Waals surface area (Å²) in [4.78, 5) is 11.8. The Kier molecular flexibility index (Phi) is 4.18. The Morgan fingerprint density at radius 1 is 1.00 bits per heavy atom. The molecule has 0 aromatic heterocycles. The molecule has 0 spiro atoms. The number of amides is 1. The van der Waals surface area contributed by atoms with Gasteiger partial charge in [0, 0.05) is 6.54 Å². The van der Waals surface area contributed by atoms with Crippen molar-refractivity contribution in [2.24, 2.45) is 0 Å². The molecule has 0 atom stereocenters. The molecule has 0 aliphatic heterocycles. The molecule has 1 amide bonds. The van der Waals surface area contributed by atoms with Crippen LogP contribution in [-0.4, -0.2) is 11.0 Å². The van der Waals surface area contributed by atoms with Crippen LogP contribution in [-0.2, 0) is 17.8 Å². The van der Waals surface area contributed by atoms with Crippen molar-refractivity contribution in [1.29, 1.82) is 0 Å². The van der Waals surface area contributed by atoms with Gasteiger partial charge in [0.2, 0.25) is 5.91 Å². The fourth-order valence-electron chi connectivity index (χ4n) is 1.77. The van der Waals surface area contributed by atoms with Crippen molar-refractivity contribution in [1.82, 2.24) is 5.32 Å². The summed E-state index contributed by atoms with van der Waals surface area (Å²) in [5.41, 5.74) is 3.18. The van der Waals surface area contributed by atoms with Gasteiger partial charge in [0.1, 0.15) is 5.75 Å². The van der Waals surface area contributed by atoms with E-state index in [-0.39, 0.29) is 11.7 Å². The highest BCUT2D eigenvalue weighted by molar-refractivity contribution is 5.78. The summed E-state index contributed by atoms with van der Waals surface area (Å²) in [6, 6.07) is 14.8. The number of carbonyl (C=O) groups excluding carboxylic acids is 1. The van der Waals surface area contributed by atoms with Crippen LogP contribution in [0.2, 0.25) is 0 Å². The van der Waals surface area contributed by atoms with Crippen LogP contribution in [0.15, 0.2) is 48.5 Å². The van der Waals surface area contributed by atoms with Crippen molar-refractivity contribution < 1.29 is 9.90 Å². The Labute approximate surface area is 112 Å². The van der Waals surface area contributed by atoms with Gasteiger partial charge in [-0.05, 0) is 30.2 Å². The number of phenols is 1. The van der Waals surface area contributed by atoms with Crippen LogP contribution in [0.1, 0.15) is 16.7 Å². The Bertz CT molecular complexity index is 544. The third kappa shape index (κ3) is 4.14. The Balaban J connectivity index is 1.84. The molecule has 19 heavy (non-hydrogen) atoms. The second-order valence-electron chi connectivity index (χ2n) is 4.61. The Morgan fingerprint density at radius 3 is 2.21 bits per heavy atom. The van der Waals surface area contributed by atoms with E-state index in [1.807, 2.05) is 31.2 Å². The molecular weight excluding hydrogens is 238 g/mol. The SMILES string of the molecule is Cc1ccc(CNC(=O)Cc2ccc(O)cc2)cc1. The first-order chi connectivity index (χ1) is 9.13. The summed E-state index contributed by atoms with van der Waals surface area (Å²) in [7, 11) is 0. The number of rotatable bonds is 4. The fourth-order valence-corrected chi connectivity index (χ4v) is 1.77. The maximum absolute atomic E-state index is 11.8. The molecule has 0 saturated heterocycles. The standard InChI is InChI=1S/C16H17NO2/c1-12-2-4-14(5-3-12)11-17-16(19)10-13-6-8-15(18)9-7-13/h2-9,18H,10-11H2,1H3,(H,17,19). The van der Waals surface area contributed by atoms with Gasteiger partial charge in [0.05, 0.1) is 6.42 Å². The minimum Gasteiger partial charge on any atom is -0.508 e. The average Bonchev–Trinajstić information content (AvgIpc) is 2.41. The normalized spacial score (nSPS) is 10.2. The monoisotopic (exact) mass is 255 g/mol. The lowest BCUT2D eigenvalue weighted by Gasteiger charge is -2.06. The third-order valence-electron chi connectivity index (χ3n) is 2.91. The average molecular weight is 255 g/mol. The van der Waals surface area contributed by atoms with Gasteiger partial charge in [-0.1, -0.05) is 42.0 Å². The molecule has 3 heteroatoms. The summed E-state index contributed by atoms with van der Waals surface area (Å²) in [5.74, 6) is 0.190. The van der Waals surface area contributed by atoms with Crippen molar-refractivity contribution in [2.45, 2.75) is 19.9 Å². The van der Waals surface area contributed by atoms with Crippen molar-refractivity contribution in [3.8, 4) is 5.75 Å². The molecule has 2 aromatic carbocycles. The first-order valence-electron chi connectivity index (χ1n) is 6.23. The molecule has 0 fully saturated rings. The molecule has 0 aliphatic rings. The fraction of sp³-hybridized carbons (Fsp3) is 0.188. The lowest BCUT2D eigenvalue weighted by atomic mass is 10.1. The van der Waals surface area contributed by atoms with E-state index in [0.29, 0.717) is 13.0 Å². The Hall–Kier alpha value is -2.29. The van der Waals surface area contributed by atoms with Crippen molar-refractivity contribution in [3.05, 3.63) is 65.2 Å². The predicted molar refractivity (Wildman–Crippen MR) is 74.8 cm³/mol. The van der Waals surface area contributed by atoms with E-state index in [9.17, 15) is 4.79 Å². The van der Waals surface area contributed by atoms with Crippen LogP contribution in [0, 0.1) is 6.92 Å². The first-order valence-corrected chi connectivity index (χ1v) is 6.23. The summed E-state index contributed by atoms with van der Waals surface area (Å²) in [6.45, 7) is 2.57. The van der Waals surface area contributed by atoms with Crippen LogP contribution in [0.3, 0.4) is 0 Å². The number of hydrogen-bond donors (Lipinski definition) is 2. The van der Waals surface area contributed by atoms with Gasteiger partial charge in [-0.15, -0.1) is 0 Å². The zero-order valence-corrected chi connectivity index (χ0v) is 10.9. The lowest BCUT2D eigenvalue weighted by molar-refractivity contribution is -0.120. The highest BCUT2D eigenvalue weighted by Gasteiger charge is 2.03. The topological polar surface area (TPSA) is 49.3 Å². The molecule has 0 unspecified atom stereocenters. The number of carbonyl (C=O) groups is 1. The molecule has 0 bridgehead atoms. The molecule has 3 nitrogen and oxygen atoms in total. The van der Waals surface area contributed by atoms with Gasteiger partial charge < -0.3 is 10.4 Å². The summed E-state index contributed by atoms with van der Waals surface area (Å²) in [6.07, 6.45) is 0.326. The maximum atomic E-state index is 11.8. The van der Waals surface area contributed by atoms with E-state index in [4.69, 9.17) is 5.11 Å².